The van der Waals surface area contributed by atoms with Crippen LogP contribution in [0.25, 0.3) is 11.1 Å². The molecule has 2 aromatic rings. The highest BCUT2D eigenvalue weighted by Crippen LogP contribution is 2.23. The van der Waals surface area contributed by atoms with Gasteiger partial charge < -0.3 is 20.9 Å². The molecule has 0 radical (unpaired) electrons. The van der Waals surface area contributed by atoms with Crippen LogP contribution in [-0.2, 0) is 29.2 Å². The minimum absolute atomic E-state index is 0.00269. The summed E-state index contributed by atoms with van der Waals surface area (Å²) >= 11 is 0. The lowest BCUT2D eigenvalue weighted by Crippen LogP contribution is -2.40. The van der Waals surface area contributed by atoms with E-state index in [-0.39, 0.29) is 25.4 Å². The van der Waals surface area contributed by atoms with Crippen LogP contribution < -0.4 is 25.8 Å². The van der Waals surface area contributed by atoms with E-state index in [1.807, 2.05) is 41.1 Å². The molecule has 1 aliphatic heterocycles. The van der Waals surface area contributed by atoms with Crippen molar-refractivity contribution in [2.75, 3.05) is 32.1 Å². The molecular weight excluding hydrogens is 606 g/mol. The first-order chi connectivity index (χ1) is 21.6. The molecule has 0 bridgehead atoms. The van der Waals surface area contributed by atoms with Crippen LogP contribution in [0, 0.1) is 0 Å². The Morgan fingerprint density at radius 2 is 1.60 bits per heavy atom. The minimum atomic E-state index is -3.97. The number of ketones is 1. The third-order valence-electron chi connectivity index (χ3n) is 6.63. The minimum Gasteiger partial charge on any atom is -0.484 e. The van der Waals surface area contributed by atoms with Crippen molar-refractivity contribution in [3.8, 4) is 16.9 Å². The standard InChI is InChI=1S/C29H37N7O8S/c30-19-32-24(26(37)16-29(40)41)4-1-2-14-31-27(38)5-3-15-45(42,43)35-28(39)18-44-23-12-10-21(11-13-23)20-6-8-22(9-7-20)25-17-33-36-34-25/h6-13,24,32H,1-5,14-19,30H2,(H,31,38)(H,35,39)(H,40,41)/t24-/m0/s1. The van der Waals surface area contributed by atoms with E-state index in [2.05, 4.69) is 26.1 Å². The highest BCUT2D eigenvalue weighted by Gasteiger charge is 2.20. The van der Waals surface area contributed by atoms with Gasteiger partial charge in [-0.3, -0.25) is 29.2 Å². The molecule has 1 atom stereocenters. The fourth-order valence-corrected chi connectivity index (χ4v) is 5.40. The lowest BCUT2D eigenvalue weighted by Gasteiger charge is -2.15. The van der Waals surface area contributed by atoms with Crippen LogP contribution in [0.2, 0.25) is 0 Å². The quantitative estimate of drug-likeness (QED) is 0.0789. The number of rotatable bonds is 20. The maximum Gasteiger partial charge on any atom is 0.310 e. The molecule has 0 unspecified atom stereocenters. The summed E-state index contributed by atoms with van der Waals surface area (Å²) in [5.41, 5.74) is 9.04. The number of unbranched alkanes of at least 4 members (excludes halogenated alkanes) is 1. The van der Waals surface area contributed by atoms with Crippen LogP contribution in [0.15, 0.2) is 64.0 Å². The first kappa shape index (κ1) is 34.9. The number of benzene rings is 2. The molecule has 1 aliphatic rings. The average Bonchev–Trinajstić information content (AvgIpc) is 3.54. The van der Waals surface area contributed by atoms with E-state index in [9.17, 15) is 27.6 Å². The number of carbonyl (C=O) groups excluding carboxylic acids is 3. The van der Waals surface area contributed by atoms with Crippen molar-refractivity contribution in [3.05, 3.63) is 54.1 Å². The Labute approximate surface area is 260 Å². The molecule has 2 aromatic carbocycles. The van der Waals surface area contributed by atoms with Gasteiger partial charge in [0, 0.05) is 19.6 Å². The molecule has 15 nitrogen and oxygen atoms in total. The van der Waals surface area contributed by atoms with Crippen LogP contribution in [0.4, 0.5) is 0 Å². The van der Waals surface area contributed by atoms with Gasteiger partial charge in [0.1, 0.15) is 18.7 Å². The highest BCUT2D eigenvalue weighted by atomic mass is 32.2. The first-order valence-corrected chi connectivity index (χ1v) is 16.0. The van der Waals surface area contributed by atoms with Gasteiger partial charge in [-0.1, -0.05) is 36.4 Å². The number of carbonyl (C=O) groups is 4. The van der Waals surface area contributed by atoms with Crippen LogP contribution >= 0.6 is 0 Å². The number of nitrogens with two attached hydrogens (primary N) is 1. The zero-order valence-electron chi connectivity index (χ0n) is 24.6. The van der Waals surface area contributed by atoms with Gasteiger partial charge in [0.05, 0.1) is 17.5 Å². The van der Waals surface area contributed by atoms with Crippen molar-refractivity contribution in [3.63, 3.8) is 0 Å². The third-order valence-corrected chi connectivity index (χ3v) is 8.00. The van der Waals surface area contributed by atoms with Gasteiger partial charge >= 0.3 is 5.97 Å². The number of sulfonamides is 1. The number of carboxylic acid groups (broad SMARTS) is 1. The number of aliphatic carboxylic acids is 1. The molecule has 0 fully saturated rings. The molecule has 242 valence electrons. The highest BCUT2D eigenvalue weighted by molar-refractivity contribution is 7.90. The smallest absolute Gasteiger partial charge is 0.310 e. The van der Waals surface area contributed by atoms with Crippen LogP contribution in [-0.4, -0.2) is 81.0 Å². The summed E-state index contributed by atoms with van der Waals surface area (Å²) in [5, 5.41) is 25.6. The molecule has 0 spiro atoms. The monoisotopic (exact) mass is 643 g/mol. The Kier molecular flexibility index (Phi) is 13.7. The Morgan fingerprint density at radius 1 is 0.933 bits per heavy atom. The Balaban J connectivity index is 1.30. The Morgan fingerprint density at radius 3 is 2.22 bits per heavy atom. The average molecular weight is 644 g/mol. The van der Waals surface area contributed by atoms with Crippen molar-refractivity contribution in [1.82, 2.24) is 15.4 Å². The number of amides is 2. The normalized spacial score (nSPS) is 13.1. The van der Waals surface area contributed by atoms with Gasteiger partial charge in [-0.15, -0.1) is 5.10 Å². The number of carboxylic acids is 1. The molecule has 0 aliphatic carbocycles. The lowest BCUT2D eigenvalue weighted by molar-refractivity contribution is -0.140. The van der Waals surface area contributed by atoms with E-state index in [1.54, 1.807) is 12.1 Å². The van der Waals surface area contributed by atoms with Crippen molar-refractivity contribution in [2.24, 2.45) is 21.2 Å². The van der Waals surface area contributed by atoms with Gasteiger partial charge in [0.25, 0.3) is 5.91 Å². The summed E-state index contributed by atoms with van der Waals surface area (Å²) in [6.07, 6.45) is 0.784. The molecular formula is C29H37N7O8S. The number of nitrogens with zero attached hydrogens (tertiary/aromatic N) is 3. The van der Waals surface area contributed by atoms with Crippen LogP contribution in [0.3, 0.4) is 0 Å². The summed E-state index contributed by atoms with van der Waals surface area (Å²) in [7, 11) is -3.97. The van der Waals surface area contributed by atoms with Crippen LogP contribution in [0.1, 0.15) is 44.1 Å². The number of hydrogen-bond donors (Lipinski definition) is 5. The second-order valence-electron chi connectivity index (χ2n) is 10.1. The maximum atomic E-state index is 12.3. The second kappa shape index (κ2) is 17.7. The van der Waals surface area contributed by atoms with E-state index in [0.29, 0.717) is 38.1 Å². The summed E-state index contributed by atoms with van der Waals surface area (Å²) in [6.45, 7) is 0.288. The summed E-state index contributed by atoms with van der Waals surface area (Å²) in [5.74, 6) is -2.90. The molecule has 0 saturated carbocycles. The van der Waals surface area contributed by atoms with Gasteiger partial charge in [-0.2, -0.15) is 5.11 Å². The van der Waals surface area contributed by atoms with E-state index >= 15 is 0 Å². The predicted molar refractivity (Wildman–Crippen MR) is 165 cm³/mol. The zero-order chi connectivity index (χ0) is 32.7. The molecule has 0 saturated heterocycles. The molecule has 2 amide bonds. The summed E-state index contributed by atoms with van der Waals surface area (Å²) in [4.78, 5) is 46.9. The predicted octanol–water partition coefficient (Wildman–Crippen LogP) is 1.33. The van der Waals surface area contributed by atoms with Gasteiger partial charge in [-0.05, 0) is 59.7 Å². The van der Waals surface area contributed by atoms with Crippen molar-refractivity contribution >= 4 is 39.3 Å². The number of nitrogens with one attached hydrogen (secondary N) is 3. The molecule has 6 N–H and O–H groups in total. The van der Waals surface area contributed by atoms with E-state index in [4.69, 9.17) is 15.6 Å². The molecule has 1 heterocycles. The Hall–Kier alpha value is -4.54. The number of ether oxygens (including phenoxy) is 1. The third kappa shape index (κ3) is 12.5. The second-order valence-corrected chi connectivity index (χ2v) is 12.0. The Bertz CT molecular complexity index is 1490. The summed E-state index contributed by atoms with van der Waals surface area (Å²) in [6, 6.07) is 14.1. The topological polar surface area (TPSA) is 231 Å². The largest absolute Gasteiger partial charge is 0.484 e. The van der Waals surface area contributed by atoms with Crippen LogP contribution in [0.5, 0.6) is 5.75 Å². The lowest BCUT2D eigenvalue weighted by atomic mass is 10.0. The zero-order valence-corrected chi connectivity index (χ0v) is 25.4. The number of Topliss-reactive ketones (excluding diaryl/α,β-unsaturated/α-hetero) is 1. The molecule has 3 rings (SSSR count). The van der Waals surface area contributed by atoms with E-state index < -0.39 is 52.5 Å². The van der Waals surface area contributed by atoms with Gasteiger partial charge in [-0.25, -0.2) is 8.42 Å². The maximum absolute atomic E-state index is 12.3. The fraction of sp³-hybridized carbons (Fsp3) is 0.414. The van der Waals surface area contributed by atoms with E-state index in [1.165, 1.54) is 0 Å². The van der Waals surface area contributed by atoms with Crippen molar-refractivity contribution in [1.29, 1.82) is 0 Å². The summed E-state index contributed by atoms with van der Waals surface area (Å²) < 4.78 is 31.9. The molecule has 0 aromatic heterocycles. The van der Waals surface area contributed by atoms with E-state index in [0.717, 1.165) is 22.4 Å². The van der Waals surface area contributed by atoms with Gasteiger partial charge in [0.2, 0.25) is 15.9 Å². The molecule has 45 heavy (non-hydrogen) atoms. The SMILES string of the molecule is NCN[C@@H](CCCCNC(=O)CCCS(=O)(=O)NC(=O)COc1ccc(-c2ccc(C3=NN=NC3)cc2)cc1)C(=O)CC(=O)O. The first-order valence-electron chi connectivity index (χ1n) is 14.3. The number of hydrogen-bond acceptors (Lipinski definition) is 12. The van der Waals surface area contributed by atoms with Crippen molar-refractivity contribution in [2.45, 2.75) is 44.6 Å². The molecule has 16 heteroatoms. The van der Waals surface area contributed by atoms with Crippen molar-refractivity contribution < 1.29 is 37.4 Å². The fourth-order valence-electron chi connectivity index (χ4n) is 4.37. The van der Waals surface area contributed by atoms with Gasteiger partial charge in [0.15, 0.2) is 12.4 Å².